The second-order valence-corrected chi connectivity index (χ2v) is 7.63. The molecule has 2 rings (SSSR count). The van der Waals surface area contributed by atoms with E-state index in [1.165, 1.54) is 22.5 Å². The number of rotatable bonds is 5. The Morgan fingerprint density at radius 2 is 1.96 bits per heavy atom. The van der Waals surface area contributed by atoms with E-state index in [1.54, 1.807) is 7.05 Å². The predicted molar refractivity (Wildman–Crippen MR) is 89.5 cm³/mol. The molecule has 0 aliphatic carbocycles. The van der Waals surface area contributed by atoms with Gasteiger partial charge in [-0.3, -0.25) is 14.9 Å². The maximum Gasteiger partial charge on any atom is 0.270 e. The van der Waals surface area contributed by atoms with Crippen LogP contribution in [-0.2, 0) is 10.0 Å². The van der Waals surface area contributed by atoms with Crippen LogP contribution in [0.4, 0.5) is 11.4 Å². The van der Waals surface area contributed by atoms with Gasteiger partial charge in [-0.05, 0) is 18.9 Å². The molecule has 1 saturated heterocycles. The molecule has 0 spiro atoms. The van der Waals surface area contributed by atoms with Crippen LogP contribution in [0.25, 0.3) is 0 Å². The van der Waals surface area contributed by atoms with Crippen LogP contribution < -0.4 is 10.6 Å². The van der Waals surface area contributed by atoms with Crippen molar-refractivity contribution in [3.63, 3.8) is 0 Å². The Morgan fingerprint density at radius 1 is 1.33 bits per heavy atom. The molecular formula is C14H20N4O5S. The molecule has 1 heterocycles. The average Bonchev–Trinajstić information content (AvgIpc) is 2.53. The number of nitro benzene ring substituents is 1. The second kappa shape index (κ2) is 7.14. The minimum absolute atomic E-state index is 0.161. The monoisotopic (exact) mass is 356 g/mol. The number of nitrogens with one attached hydrogen (secondary N) is 2. The summed E-state index contributed by atoms with van der Waals surface area (Å²) in [5.41, 5.74) is 0.523. The first-order valence-corrected chi connectivity index (χ1v) is 9.29. The lowest BCUT2D eigenvalue weighted by atomic mass is 10.1. The molecular weight excluding hydrogens is 336 g/mol. The maximum atomic E-state index is 12.4. The van der Waals surface area contributed by atoms with Gasteiger partial charge in [0.2, 0.25) is 10.0 Å². The van der Waals surface area contributed by atoms with Gasteiger partial charge in [-0.15, -0.1) is 0 Å². The van der Waals surface area contributed by atoms with Crippen molar-refractivity contribution in [3.05, 3.63) is 33.9 Å². The summed E-state index contributed by atoms with van der Waals surface area (Å²) in [6.45, 7) is 0.690. The van der Waals surface area contributed by atoms with Gasteiger partial charge >= 0.3 is 0 Å². The Hall–Kier alpha value is -2.20. The zero-order chi connectivity index (χ0) is 17.9. The fourth-order valence-electron chi connectivity index (χ4n) is 2.65. The van der Waals surface area contributed by atoms with E-state index >= 15 is 0 Å². The van der Waals surface area contributed by atoms with E-state index in [0.29, 0.717) is 31.6 Å². The fraction of sp³-hybridized carbons (Fsp3) is 0.500. The van der Waals surface area contributed by atoms with E-state index in [-0.39, 0.29) is 17.3 Å². The van der Waals surface area contributed by atoms with Crippen molar-refractivity contribution in [2.24, 2.45) is 0 Å². The second-order valence-electron chi connectivity index (χ2n) is 5.65. The molecule has 0 aromatic heterocycles. The van der Waals surface area contributed by atoms with Gasteiger partial charge in [0.05, 0.1) is 16.7 Å². The van der Waals surface area contributed by atoms with Crippen LogP contribution in [0.15, 0.2) is 18.2 Å². The maximum absolute atomic E-state index is 12.4. The molecule has 1 aromatic rings. The first-order chi connectivity index (χ1) is 11.2. The van der Waals surface area contributed by atoms with Gasteiger partial charge in [-0.25, -0.2) is 12.7 Å². The number of sulfonamides is 1. The smallest absolute Gasteiger partial charge is 0.270 e. The van der Waals surface area contributed by atoms with E-state index in [4.69, 9.17) is 0 Å². The number of benzene rings is 1. The van der Waals surface area contributed by atoms with Crippen molar-refractivity contribution in [2.75, 3.05) is 31.7 Å². The summed E-state index contributed by atoms with van der Waals surface area (Å²) in [5, 5.41) is 16.5. The number of carbonyl (C=O) groups excluding carboxylic acids is 1. The average molecular weight is 356 g/mol. The zero-order valence-electron chi connectivity index (χ0n) is 13.5. The molecule has 10 heteroatoms. The number of nitro groups is 1. The van der Waals surface area contributed by atoms with Crippen molar-refractivity contribution in [1.29, 1.82) is 0 Å². The molecule has 9 nitrogen and oxygen atoms in total. The molecule has 0 radical (unpaired) electrons. The molecule has 1 aliphatic heterocycles. The highest BCUT2D eigenvalue weighted by Gasteiger charge is 2.26. The van der Waals surface area contributed by atoms with E-state index in [1.807, 2.05) is 0 Å². The van der Waals surface area contributed by atoms with Gasteiger partial charge in [0.25, 0.3) is 11.6 Å². The fourth-order valence-corrected chi connectivity index (χ4v) is 3.52. The van der Waals surface area contributed by atoms with Crippen molar-refractivity contribution in [3.8, 4) is 0 Å². The number of hydrogen-bond donors (Lipinski definition) is 2. The predicted octanol–water partition coefficient (Wildman–Crippen LogP) is 0.790. The van der Waals surface area contributed by atoms with E-state index in [9.17, 15) is 23.3 Å². The highest BCUT2D eigenvalue weighted by Crippen LogP contribution is 2.22. The van der Waals surface area contributed by atoms with Crippen LogP contribution >= 0.6 is 0 Å². The molecule has 1 amide bonds. The summed E-state index contributed by atoms with van der Waals surface area (Å²) in [5.74, 6) is -0.416. The lowest BCUT2D eigenvalue weighted by Gasteiger charge is -2.30. The van der Waals surface area contributed by atoms with Crippen molar-refractivity contribution < 1.29 is 18.1 Å². The third-order valence-electron chi connectivity index (χ3n) is 3.99. The molecule has 2 N–H and O–H groups in total. The van der Waals surface area contributed by atoms with Crippen LogP contribution in [0.1, 0.15) is 23.2 Å². The highest BCUT2D eigenvalue weighted by atomic mass is 32.2. The third-order valence-corrected chi connectivity index (χ3v) is 5.29. The summed E-state index contributed by atoms with van der Waals surface area (Å²) in [7, 11) is -1.59. The molecule has 24 heavy (non-hydrogen) atoms. The van der Waals surface area contributed by atoms with Crippen LogP contribution in [0.3, 0.4) is 0 Å². The van der Waals surface area contributed by atoms with Gasteiger partial charge in [0.15, 0.2) is 0 Å². The normalized spacial score (nSPS) is 16.6. The molecule has 1 aliphatic rings. The Morgan fingerprint density at radius 3 is 2.46 bits per heavy atom. The Balaban J connectivity index is 2.08. The van der Waals surface area contributed by atoms with E-state index in [2.05, 4.69) is 10.6 Å². The molecule has 132 valence electrons. The number of hydrogen-bond acceptors (Lipinski definition) is 6. The summed E-state index contributed by atoms with van der Waals surface area (Å²) in [6.07, 6.45) is 2.17. The van der Waals surface area contributed by atoms with Crippen LogP contribution in [-0.4, -0.2) is 56.0 Å². The van der Waals surface area contributed by atoms with Crippen LogP contribution in [0.5, 0.6) is 0 Å². The minimum Gasteiger partial charge on any atom is -0.387 e. The summed E-state index contributed by atoms with van der Waals surface area (Å²) < 4.78 is 24.4. The van der Waals surface area contributed by atoms with Gasteiger partial charge in [-0.1, -0.05) is 0 Å². The first kappa shape index (κ1) is 18.1. The minimum atomic E-state index is -3.22. The Kier molecular flexibility index (Phi) is 5.40. The molecule has 0 saturated carbocycles. The summed E-state index contributed by atoms with van der Waals surface area (Å²) in [6, 6.07) is 3.87. The molecule has 1 aromatic carbocycles. The number of anilines is 1. The van der Waals surface area contributed by atoms with Gasteiger partial charge < -0.3 is 10.6 Å². The van der Waals surface area contributed by atoms with Gasteiger partial charge in [0.1, 0.15) is 0 Å². The number of amides is 1. The highest BCUT2D eigenvalue weighted by molar-refractivity contribution is 7.88. The lowest BCUT2D eigenvalue weighted by molar-refractivity contribution is -0.384. The van der Waals surface area contributed by atoms with Crippen LogP contribution in [0.2, 0.25) is 0 Å². The Labute approximate surface area is 140 Å². The first-order valence-electron chi connectivity index (χ1n) is 7.44. The van der Waals surface area contributed by atoms with Crippen LogP contribution in [0, 0.1) is 10.1 Å². The zero-order valence-corrected chi connectivity index (χ0v) is 14.3. The number of nitrogens with zero attached hydrogens (tertiary/aromatic N) is 2. The van der Waals surface area contributed by atoms with Gasteiger partial charge in [0, 0.05) is 44.0 Å². The Bertz CT molecular complexity index is 742. The summed E-state index contributed by atoms with van der Waals surface area (Å²) in [4.78, 5) is 22.8. The SMILES string of the molecule is CNc1ccc([N+](=O)[O-])cc1C(=O)NC1CCN(S(C)(=O)=O)CC1. The van der Waals surface area contributed by atoms with Crippen molar-refractivity contribution >= 4 is 27.3 Å². The summed E-state index contributed by atoms with van der Waals surface area (Å²) >= 11 is 0. The standard InChI is InChI=1S/C14H20N4O5S/c1-15-13-4-3-11(18(20)21)9-12(13)14(19)16-10-5-7-17(8-6-10)24(2,22)23/h3-4,9-10,15H,5-8H2,1-2H3,(H,16,19). The number of piperidine rings is 1. The largest absolute Gasteiger partial charge is 0.387 e. The molecule has 1 fully saturated rings. The van der Waals surface area contributed by atoms with Crippen molar-refractivity contribution in [2.45, 2.75) is 18.9 Å². The molecule has 0 atom stereocenters. The van der Waals surface area contributed by atoms with Gasteiger partial charge in [-0.2, -0.15) is 0 Å². The molecule has 0 bridgehead atoms. The lowest BCUT2D eigenvalue weighted by Crippen LogP contribution is -2.46. The van der Waals surface area contributed by atoms with E-state index in [0.717, 1.165) is 6.26 Å². The number of non-ortho nitro benzene ring substituents is 1. The van der Waals surface area contributed by atoms with Crippen molar-refractivity contribution in [1.82, 2.24) is 9.62 Å². The third kappa shape index (κ3) is 4.20. The topological polar surface area (TPSA) is 122 Å². The van der Waals surface area contributed by atoms with E-state index < -0.39 is 20.9 Å². The molecule has 0 unspecified atom stereocenters. The number of carbonyl (C=O) groups is 1. The quantitative estimate of drug-likeness (QED) is 0.594.